The molecule has 0 aliphatic carbocycles. The van der Waals surface area contributed by atoms with Gasteiger partial charge in [-0.25, -0.2) is 4.39 Å². The van der Waals surface area contributed by atoms with Crippen LogP contribution < -0.4 is 4.80 Å². The van der Waals surface area contributed by atoms with Gasteiger partial charge in [-0.05, 0) is 38.1 Å². The molecule has 0 N–H and O–H groups in total. The largest absolute Gasteiger partial charge is 0.319 e. The first kappa shape index (κ1) is 14.6. The molecule has 1 amide bonds. The van der Waals surface area contributed by atoms with Crippen LogP contribution >= 0.6 is 11.3 Å². The van der Waals surface area contributed by atoms with E-state index in [-0.39, 0.29) is 11.9 Å². The van der Waals surface area contributed by atoms with E-state index in [9.17, 15) is 9.18 Å². The minimum atomic E-state index is -0.401. The molecule has 0 saturated carbocycles. The molecule has 0 saturated heterocycles. The van der Waals surface area contributed by atoms with Gasteiger partial charge in [-0.1, -0.05) is 11.3 Å². The highest BCUT2D eigenvalue weighted by Gasteiger charge is 2.11. The van der Waals surface area contributed by atoms with Crippen molar-refractivity contribution in [2.24, 2.45) is 12.0 Å². The number of amides is 1. The number of rotatable bonds is 2. The lowest BCUT2D eigenvalue weighted by atomic mass is 10.3. The number of benzene rings is 1. The zero-order chi connectivity index (χ0) is 15.9. The van der Waals surface area contributed by atoms with E-state index in [1.54, 1.807) is 34.6 Å². The fraction of sp³-hybridized carbons (Fsp3) is 0.267. The van der Waals surface area contributed by atoms with E-state index >= 15 is 0 Å². The summed E-state index contributed by atoms with van der Waals surface area (Å²) in [5, 5.41) is 4.21. The first-order valence-corrected chi connectivity index (χ1v) is 7.66. The van der Waals surface area contributed by atoms with Crippen molar-refractivity contribution in [2.75, 3.05) is 0 Å². The first-order valence-electron chi connectivity index (χ1n) is 6.85. The van der Waals surface area contributed by atoms with Crippen molar-refractivity contribution in [3.63, 3.8) is 0 Å². The summed E-state index contributed by atoms with van der Waals surface area (Å²) in [6.45, 7) is 3.97. The zero-order valence-corrected chi connectivity index (χ0v) is 13.3. The summed E-state index contributed by atoms with van der Waals surface area (Å²) >= 11 is 1.28. The highest BCUT2D eigenvalue weighted by atomic mass is 32.1. The van der Waals surface area contributed by atoms with E-state index in [2.05, 4.69) is 10.1 Å². The molecule has 0 aliphatic rings. The van der Waals surface area contributed by atoms with Crippen LogP contribution in [0.3, 0.4) is 0 Å². The van der Waals surface area contributed by atoms with Crippen molar-refractivity contribution in [3.05, 3.63) is 46.8 Å². The van der Waals surface area contributed by atoms with Gasteiger partial charge in [0.05, 0.1) is 10.2 Å². The van der Waals surface area contributed by atoms with Crippen LogP contribution in [0.4, 0.5) is 4.39 Å². The molecule has 0 fully saturated rings. The standard InChI is InChI=1S/C15H15FN4OS/c1-9(2)20-7-6-11(18-20)14(21)17-15-19(3)12-5-4-10(16)8-13(12)22-15/h4-9H,1-3H3. The SMILES string of the molecule is CC(C)n1ccc(C(=O)N=c2sc3cc(F)ccc3n2C)n1. The minimum Gasteiger partial charge on any atom is -0.319 e. The van der Waals surface area contributed by atoms with Crippen LogP contribution in [-0.2, 0) is 7.05 Å². The molecule has 3 aromatic rings. The summed E-state index contributed by atoms with van der Waals surface area (Å²) in [7, 11) is 1.80. The van der Waals surface area contributed by atoms with E-state index in [1.807, 2.05) is 13.8 Å². The van der Waals surface area contributed by atoms with Crippen LogP contribution in [-0.4, -0.2) is 20.3 Å². The molecule has 22 heavy (non-hydrogen) atoms. The molecule has 2 heterocycles. The maximum Gasteiger partial charge on any atom is 0.300 e. The predicted molar refractivity (Wildman–Crippen MR) is 83.3 cm³/mol. The molecule has 7 heteroatoms. The van der Waals surface area contributed by atoms with Gasteiger partial charge in [0.25, 0.3) is 5.91 Å². The van der Waals surface area contributed by atoms with Gasteiger partial charge in [0.15, 0.2) is 10.5 Å². The summed E-state index contributed by atoms with van der Waals surface area (Å²) in [6.07, 6.45) is 1.76. The quantitative estimate of drug-likeness (QED) is 0.729. The van der Waals surface area contributed by atoms with Crippen LogP contribution in [0.5, 0.6) is 0 Å². The third-order valence-electron chi connectivity index (χ3n) is 3.33. The van der Waals surface area contributed by atoms with Gasteiger partial charge in [0, 0.05) is 19.3 Å². The van der Waals surface area contributed by atoms with Crippen LogP contribution in [0.15, 0.2) is 35.5 Å². The van der Waals surface area contributed by atoms with E-state index < -0.39 is 5.91 Å². The van der Waals surface area contributed by atoms with Gasteiger partial charge in [0.2, 0.25) is 0 Å². The fourth-order valence-corrected chi connectivity index (χ4v) is 3.14. The minimum absolute atomic E-state index is 0.185. The predicted octanol–water partition coefficient (Wildman–Crippen LogP) is 2.90. The Morgan fingerprint density at radius 3 is 2.82 bits per heavy atom. The Labute approximate surface area is 130 Å². The van der Waals surface area contributed by atoms with Crippen molar-refractivity contribution < 1.29 is 9.18 Å². The second kappa shape index (κ2) is 5.49. The number of aryl methyl sites for hydroxylation is 1. The summed E-state index contributed by atoms with van der Waals surface area (Å²) < 4.78 is 17.5. The Balaban J connectivity index is 2.03. The van der Waals surface area contributed by atoms with Crippen molar-refractivity contribution >= 4 is 27.5 Å². The second-order valence-electron chi connectivity index (χ2n) is 5.25. The van der Waals surface area contributed by atoms with Crippen molar-refractivity contribution in [1.29, 1.82) is 0 Å². The lowest BCUT2D eigenvalue weighted by molar-refractivity contribution is 0.0992. The van der Waals surface area contributed by atoms with Gasteiger partial charge in [-0.2, -0.15) is 10.1 Å². The Hall–Kier alpha value is -2.28. The number of halogens is 1. The number of nitrogens with zero attached hydrogens (tertiary/aromatic N) is 4. The van der Waals surface area contributed by atoms with Crippen molar-refractivity contribution in [1.82, 2.24) is 14.3 Å². The number of carbonyl (C=O) groups excluding carboxylic acids is 1. The first-order chi connectivity index (χ1) is 10.5. The number of hydrogen-bond donors (Lipinski definition) is 0. The summed E-state index contributed by atoms with van der Waals surface area (Å²) in [5.74, 6) is -0.704. The van der Waals surface area contributed by atoms with Crippen LogP contribution in [0.25, 0.3) is 10.2 Å². The maximum atomic E-state index is 13.3. The van der Waals surface area contributed by atoms with E-state index in [0.29, 0.717) is 10.5 Å². The lowest BCUT2D eigenvalue weighted by Gasteiger charge is -2.02. The van der Waals surface area contributed by atoms with Gasteiger partial charge in [-0.3, -0.25) is 9.48 Å². The molecule has 3 rings (SSSR count). The van der Waals surface area contributed by atoms with Crippen LogP contribution in [0.2, 0.25) is 0 Å². The molecule has 2 aromatic heterocycles. The van der Waals surface area contributed by atoms with Crippen molar-refractivity contribution in [2.45, 2.75) is 19.9 Å². The fourth-order valence-electron chi connectivity index (χ4n) is 2.10. The third kappa shape index (κ3) is 2.59. The van der Waals surface area contributed by atoms with Crippen molar-refractivity contribution in [3.8, 4) is 0 Å². The summed E-state index contributed by atoms with van der Waals surface area (Å²) in [6, 6.07) is 6.35. The monoisotopic (exact) mass is 318 g/mol. The highest BCUT2D eigenvalue weighted by molar-refractivity contribution is 7.16. The number of fused-ring (bicyclic) bond motifs is 1. The molecule has 0 spiro atoms. The van der Waals surface area contributed by atoms with Gasteiger partial charge < -0.3 is 4.57 Å². The van der Waals surface area contributed by atoms with E-state index in [0.717, 1.165) is 10.2 Å². The topological polar surface area (TPSA) is 52.2 Å². The van der Waals surface area contributed by atoms with Crippen LogP contribution in [0, 0.1) is 5.82 Å². The zero-order valence-electron chi connectivity index (χ0n) is 12.4. The molecular formula is C15H15FN4OS. The van der Waals surface area contributed by atoms with Crippen LogP contribution in [0.1, 0.15) is 30.4 Å². The van der Waals surface area contributed by atoms with E-state index in [1.165, 1.54) is 23.5 Å². The molecule has 114 valence electrons. The number of carbonyl (C=O) groups is 1. The second-order valence-corrected chi connectivity index (χ2v) is 6.26. The molecular weight excluding hydrogens is 303 g/mol. The maximum absolute atomic E-state index is 13.3. The molecule has 0 radical (unpaired) electrons. The Kier molecular flexibility index (Phi) is 3.66. The lowest BCUT2D eigenvalue weighted by Crippen LogP contribution is -2.14. The Morgan fingerprint density at radius 1 is 1.36 bits per heavy atom. The number of thiazole rings is 1. The Morgan fingerprint density at radius 2 is 2.14 bits per heavy atom. The number of aromatic nitrogens is 3. The summed E-state index contributed by atoms with van der Waals surface area (Å²) in [4.78, 5) is 16.9. The normalized spacial score (nSPS) is 12.5. The number of hydrogen-bond acceptors (Lipinski definition) is 3. The molecule has 5 nitrogen and oxygen atoms in total. The molecule has 0 aliphatic heterocycles. The third-order valence-corrected chi connectivity index (χ3v) is 4.42. The average Bonchev–Trinajstić information content (AvgIpc) is 3.05. The average molecular weight is 318 g/mol. The van der Waals surface area contributed by atoms with E-state index in [4.69, 9.17) is 0 Å². The summed E-state index contributed by atoms with van der Waals surface area (Å²) in [5.41, 5.74) is 1.14. The smallest absolute Gasteiger partial charge is 0.300 e. The van der Waals surface area contributed by atoms with Gasteiger partial charge in [-0.15, -0.1) is 0 Å². The molecule has 0 atom stereocenters. The van der Waals surface area contributed by atoms with Gasteiger partial charge >= 0.3 is 0 Å². The molecule has 1 aromatic carbocycles. The van der Waals surface area contributed by atoms with Gasteiger partial charge in [0.1, 0.15) is 5.82 Å². The molecule has 0 bridgehead atoms. The molecule has 0 unspecified atom stereocenters. The highest BCUT2D eigenvalue weighted by Crippen LogP contribution is 2.17. The Bertz CT molecular complexity index is 919.